The predicted octanol–water partition coefficient (Wildman–Crippen LogP) is 2.69. The molecule has 0 aromatic carbocycles. The van der Waals surface area contributed by atoms with E-state index in [-0.39, 0.29) is 24.0 Å². The maximum atomic E-state index is 4.67. The maximum Gasteiger partial charge on any atom is 0.191 e. The molecule has 1 fully saturated rings. The van der Waals surface area contributed by atoms with Crippen LogP contribution < -0.4 is 10.6 Å². The van der Waals surface area contributed by atoms with Gasteiger partial charge in [-0.3, -0.25) is 4.99 Å². The summed E-state index contributed by atoms with van der Waals surface area (Å²) in [6, 6.07) is 0.479. The molecule has 0 saturated carbocycles. The molecule has 0 aromatic heterocycles. The molecule has 1 aliphatic rings. The summed E-state index contributed by atoms with van der Waals surface area (Å²) in [5, 5.41) is 6.75. The molecule has 0 radical (unpaired) electrons. The zero-order chi connectivity index (χ0) is 14.1. The minimum Gasteiger partial charge on any atom is -0.357 e. The van der Waals surface area contributed by atoms with Gasteiger partial charge in [-0.2, -0.15) is 0 Å². The van der Waals surface area contributed by atoms with E-state index < -0.39 is 0 Å². The smallest absolute Gasteiger partial charge is 0.191 e. The van der Waals surface area contributed by atoms with Crippen LogP contribution in [0.4, 0.5) is 0 Å². The van der Waals surface area contributed by atoms with Gasteiger partial charge in [-0.1, -0.05) is 13.8 Å². The van der Waals surface area contributed by atoms with E-state index in [2.05, 4.69) is 48.2 Å². The highest BCUT2D eigenvalue weighted by Crippen LogP contribution is 2.14. The highest BCUT2D eigenvalue weighted by Gasteiger charge is 2.15. The van der Waals surface area contributed by atoms with E-state index in [0.29, 0.717) is 6.04 Å². The average molecular weight is 396 g/mol. The molecule has 2 atom stereocenters. The van der Waals surface area contributed by atoms with Crippen LogP contribution in [0.2, 0.25) is 0 Å². The molecule has 0 bridgehead atoms. The van der Waals surface area contributed by atoms with Gasteiger partial charge >= 0.3 is 0 Å². The zero-order valence-electron chi connectivity index (χ0n) is 13.6. The van der Waals surface area contributed by atoms with Gasteiger partial charge < -0.3 is 15.5 Å². The van der Waals surface area contributed by atoms with Crippen molar-refractivity contribution in [1.29, 1.82) is 0 Å². The Labute approximate surface area is 142 Å². The van der Waals surface area contributed by atoms with Crippen LogP contribution in [0.5, 0.6) is 0 Å². The van der Waals surface area contributed by atoms with Crippen LogP contribution in [0.25, 0.3) is 0 Å². The molecular weight excluding hydrogens is 363 g/mol. The minimum absolute atomic E-state index is 0. The van der Waals surface area contributed by atoms with Crippen molar-refractivity contribution in [2.75, 3.05) is 32.7 Å². The zero-order valence-corrected chi connectivity index (χ0v) is 15.9. The summed E-state index contributed by atoms with van der Waals surface area (Å²) in [5.74, 6) is 1.81. The normalized spacial score (nSPS) is 22.0. The molecule has 120 valence electrons. The highest BCUT2D eigenvalue weighted by atomic mass is 127. The largest absolute Gasteiger partial charge is 0.357 e. The molecular formula is C15H33IN4. The Balaban J connectivity index is 0.00000361. The molecule has 1 rings (SSSR count). The molecule has 4 nitrogen and oxygen atoms in total. The first-order valence-corrected chi connectivity index (χ1v) is 7.92. The number of rotatable bonds is 6. The number of piperidine rings is 1. The first-order chi connectivity index (χ1) is 9.15. The van der Waals surface area contributed by atoms with Gasteiger partial charge in [0.1, 0.15) is 0 Å². The van der Waals surface area contributed by atoms with Crippen LogP contribution >= 0.6 is 24.0 Å². The number of nitrogens with zero attached hydrogens (tertiary/aromatic N) is 2. The summed E-state index contributed by atoms with van der Waals surface area (Å²) in [6.07, 6.45) is 3.85. The van der Waals surface area contributed by atoms with Crippen LogP contribution in [0.1, 0.15) is 47.0 Å². The average Bonchev–Trinajstić information content (AvgIpc) is 2.39. The van der Waals surface area contributed by atoms with E-state index in [1.54, 1.807) is 0 Å². The van der Waals surface area contributed by atoms with Gasteiger partial charge in [0.25, 0.3) is 0 Å². The van der Waals surface area contributed by atoms with Gasteiger partial charge in [0.2, 0.25) is 0 Å². The number of hydrogen-bond donors (Lipinski definition) is 2. The number of halogens is 1. The van der Waals surface area contributed by atoms with Crippen LogP contribution in [0, 0.1) is 5.92 Å². The Bertz CT molecular complexity index is 271. The van der Waals surface area contributed by atoms with Crippen molar-refractivity contribution >= 4 is 29.9 Å². The molecule has 1 aliphatic heterocycles. The molecule has 2 unspecified atom stereocenters. The van der Waals surface area contributed by atoms with Gasteiger partial charge in [-0.05, 0) is 45.6 Å². The molecule has 2 N–H and O–H groups in total. The van der Waals surface area contributed by atoms with Crippen molar-refractivity contribution < 1.29 is 0 Å². The Hall–Kier alpha value is -0.0400. The van der Waals surface area contributed by atoms with E-state index in [9.17, 15) is 0 Å². The number of aliphatic imine (C=N–C) groups is 1. The van der Waals surface area contributed by atoms with Crippen LogP contribution in [0.15, 0.2) is 4.99 Å². The van der Waals surface area contributed by atoms with Crippen LogP contribution in [-0.2, 0) is 0 Å². The second-order valence-corrected chi connectivity index (χ2v) is 5.76. The Kier molecular flexibility index (Phi) is 11.6. The second kappa shape index (κ2) is 11.6. The van der Waals surface area contributed by atoms with Gasteiger partial charge in [-0.15, -0.1) is 24.0 Å². The Morgan fingerprint density at radius 2 is 2.15 bits per heavy atom. The molecule has 1 heterocycles. The topological polar surface area (TPSA) is 39.7 Å². The Morgan fingerprint density at radius 3 is 2.75 bits per heavy atom. The third kappa shape index (κ3) is 8.29. The first-order valence-electron chi connectivity index (χ1n) is 7.92. The van der Waals surface area contributed by atoms with Crippen LogP contribution in [-0.4, -0.2) is 49.6 Å². The fourth-order valence-corrected chi connectivity index (χ4v) is 2.45. The third-order valence-electron chi connectivity index (χ3n) is 3.77. The fraction of sp³-hybridized carbons (Fsp3) is 0.933. The van der Waals surface area contributed by atoms with Gasteiger partial charge in [0.05, 0.1) is 6.54 Å². The van der Waals surface area contributed by atoms with Crippen molar-refractivity contribution in [3.8, 4) is 0 Å². The lowest BCUT2D eigenvalue weighted by Crippen LogP contribution is -2.42. The summed E-state index contributed by atoms with van der Waals surface area (Å²) >= 11 is 0. The standard InChI is InChI=1S/C15H32N4.HI/c1-5-14(4)18-15(16-6-2)17-9-11-19-10-7-8-13(3)12-19;/h13-14H,5-12H2,1-4H3,(H2,16,17,18);1H. The SMILES string of the molecule is CCNC(=NCCN1CCCC(C)C1)NC(C)CC.I. The van der Waals surface area contributed by atoms with Gasteiger partial charge in [0, 0.05) is 25.7 Å². The number of guanidine groups is 1. The highest BCUT2D eigenvalue weighted by molar-refractivity contribution is 14.0. The van der Waals surface area contributed by atoms with Gasteiger partial charge in [0.15, 0.2) is 5.96 Å². The summed E-state index contributed by atoms with van der Waals surface area (Å²) in [6.45, 7) is 14.2. The lowest BCUT2D eigenvalue weighted by atomic mass is 10.0. The quantitative estimate of drug-likeness (QED) is 0.412. The van der Waals surface area contributed by atoms with Crippen molar-refractivity contribution in [2.45, 2.75) is 53.0 Å². The van der Waals surface area contributed by atoms with E-state index in [0.717, 1.165) is 37.9 Å². The molecule has 5 heteroatoms. The number of hydrogen-bond acceptors (Lipinski definition) is 2. The molecule has 0 aromatic rings. The number of likely N-dealkylation sites (tertiary alicyclic amines) is 1. The van der Waals surface area contributed by atoms with E-state index >= 15 is 0 Å². The molecule has 20 heavy (non-hydrogen) atoms. The molecule has 0 amide bonds. The summed E-state index contributed by atoms with van der Waals surface area (Å²) in [4.78, 5) is 7.22. The van der Waals surface area contributed by atoms with Crippen molar-refractivity contribution in [3.05, 3.63) is 0 Å². The van der Waals surface area contributed by atoms with Crippen molar-refractivity contribution in [1.82, 2.24) is 15.5 Å². The van der Waals surface area contributed by atoms with Crippen LogP contribution in [0.3, 0.4) is 0 Å². The molecule has 1 saturated heterocycles. The lowest BCUT2D eigenvalue weighted by molar-refractivity contribution is 0.189. The molecule has 0 aliphatic carbocycles. The van der Waals surface area contributed by atoms with Crippen molar-refractivity contribution in [3.63, 3.8) is 0 Å². The summed E-state index contributed by atoms with van der Waals surface area (Å²) in [7, 11) is 0. The van der Waals surface area contributed by atoms with Crippen molar-refractivity contribution in [2.24, 2.45) is 10.9 Å². The van der Waals surface area contributed by atoms with Gasteiger partial charge in [-0.25, -0.2) is 0 Å². The third-order valence-corrected chi connectivity index (χ3v) is 3.77. The summed E-state index contributed by atoms with van der Waals surface area (Å²) < 4.78 is 0. The fourth-order valence-electron chi connectivity index (χ4n) is 2.45. The van der Waals surface area contributed by atoms with E-state index in [1.165, 1.54) is 25.9 Å². The maximum absolute atomic E-state index is 4.67. The van der Waals surface area contributed by atoms with E-state index in [4.69, 9.17) is 0 Å². The van der Waals surface area contributed by atoms with E-state index in [1.807, 2.05) is 0 Å². The Morgan fingerprint density at radius 1 is 1.40 bits per heavy atom. The second-order valence-electron chi connectivity index (χ2n) is 5.76. The minimum atomic E-state index is 0. The monoisotopic (exact) mass is 396 g/mol. The predicted molar refractivity (Wildman–Crippen MR) is 99.1 cm³/mol. The number of nitrogens with one attached hydrogen (secondary N) is 2. The first kappa shape index (κ1) is 20.0. The lowest BCUT2D eigenvalue weighted by Gasteiger charge is -2.30. The summed E-state index contributed by atoms with van der Waals surface area (Å²) in [5.41, 5.74) is 0. The molecule has 0 spiro atoms.